The van der Waals surface area contributed by atoms with E-state index in [1.54, 1.807) is 24.3 Å². The zero-order valence-electron chi connectivity index (χ0n) is 19.1. The number of hydrogen-bond acceptors (Lipinski definition) is 7. The van der Waals surface area contributed by atoms with Crippen LogP contribution in [-0.2, 0) is 4.79 Å². The van der Waals surface area contributed by atoms with Crippen LogP contribution in [0.2, 0.25) is 0 Å². The zero-order valence-corrected chi connectivity index (χ0v) is 19.9. The Kier molecular flexibility index (Phi) is 4.84. The fourth-order valence-corrected chi connectivity index (χ4v) is 5.72. The van der Waals surface area contributed by atoms with Crippen molar-refractivity contribution in [2.45, 2.75) is 12.3 Å². The van der Waals surface area contributed by atoms with Crippen LogP contribution in [0.3, 0.4) is 0 Å². The largest absolute Gasteiger partial charge is 0.463 e. The molecule has 7 rings (SSSR count). The van der Waals surface area contributed by atoms with Gasteiger partial charge in [0.25, 0.3) is 0 Å². The Balaban J connectivity index is 1.37. The van der Waals surface area contributed by atoms with Gasteiger partial charge in [-0.1, -0.05) is 30.3 Å². The number of carbonyl (C=O) groups is 1. The molecular weight excluding hydrogens is 493 g/mol. The van der Waals surface area contributed by atoms with Crippen LogP contribution in [0.1, 0.15) is 23.7 Å². The monoisotopic (exact) mass is 509 g/mol. The number of thiazole rings is 1. The highest BCUT2D eigenvalue weighted by molar-refractivity contribution is 7.21. The van der Waals surface area contributed by atoms with Gasteiger partial charge in [-0.3, -0.25) is 9.59 Å². The summed E-state index contributed by atoms with van der Waals surface area (Å²) in [5, 5.41) is 0.991. The highest BCUT2D eigenvalue weighted by Gasteiger charge is 2.34. The maximum absolute atomic E-state index is 14.4. The number of furan rings is 1. The van der Waals surface area contributed by atoms with Crippen LogP contribution in [-0.4, -0.2) is 11.0 Å². The molecule has 0 amide bonds. The van der Waals surface area contributed by atoms with Crippen LogP contribution in [0.15, 0.2) is 92.7 Å². The summed E-state index contributed by atoms with van der Waals surface area (Å²) in [6.07, 6.45) is 1.27. The van der Waals surface area contributed by atoms with E-state index < -0.39 is 17.7 Å². The summed E-state index contributed by atoms with van der Waals surface area (Å²) in [4.78, 5) is 30.5. The molecule has 0 spiro atoms. The lowest BCUT2D eigenvalue weighted by atomic mass is 9.88. The molecule has 0 saturated carbocycles. The average molecular weight is 510 g/mol. The maximum Gasteiger partial charge on any atom is 0.312 e. The second kappa shape index (κ2) is 8.25. The first-order valence-corrected chi connectivity index (χ1v) is 12.4. The third-order valence-corrected chi connectivity index (χ3v) is 7.57. The van der Waals surface area contributed by atoms with Gasteiger partial charge in [0.2, 0.25) is 5.43 Å². The van der Waals surface area contributed by atoms with E-state index in [2.05, 4.69) is 4.98 Å². The van der Waals surface area contributed by atoms with Crippen molar-refractivity contribution in [3.63, 3.8) is 0 Å². The van der Waals surface area contributed by atoms with Crippen molar-refractivity contribution in [1.29, 1.82) is 0 Å². The number of para-hydroxylation sites is 1. The number of hydrogen-bond donors (Lipinski definition) is 0. The zero-order chi connectivity index (χ0) is 25.1. The van der Waals surface area contributed by atoms with Gasteiger partial charge in [-0.2, -0.15) is 0 Å². The van der Waals surface area contributed by atoms with Gasteiger partial charge < -0.3 is 13.6 Å². The van der Waals surface area contributed by atoms with Crippen LogP contribution in [0, 0.1) is 5.82 Å². The Hall–Kier alpha value is -4.56. The molecule has 0 radical (unpaired) electrons. The minimum absolute atomic E-state index is 0.0116. The van der Waals surface area contributed by atoms with Gasteiger partial charge in [0, 0.05) is 11.1 Å². The van der Waals surface area contributed by atoms with Crippen molar-refractivity contribution in [3.05, 3.63) is 106 Å². The Labute approximate surface area is 212 Å². The van der Waals surface area contributed by atoms with Gasteiger partial charge in [-0.25, -0.2) is 9.37 Å². The molecule has 6 aromatic rings. The van der Waals surface area contributed by atoms with E-state index in [-0.39, 0.29) is 33.9 Å². The molecule has 0 aliphatic carbocycles. The molecular formula is C29H16FNO5S. The number of halogens is 1. The van der Waals surface area contributed by atoms with Crippen LogP contribution >= 0.6 is 11.3 Å². The predicted molar refractivity (Wildman–Crippen MR) is 137 cm³/mol. The number of aromatic nitrogens is 1. The van der Waals surface area contributed by atoms with Crippen LogP contribution in [0.25, 0.3) is 43.1 Å². The molecule has 1 aliphatic heterocycles. The number of carbonyl (C=O) groups excluding carboxylic acids is 1. The van der Waals surface area contributed by atoms with Gasteiger partial charge in [0.1, 0.15) is 29.2 Å². The van der Waals surface area contributed by atoms with Gasteiger partial charge >= 0.3 is 5.97 Å². The standard InChI is InChI=1S/C29H16FNO5S/c30-19-6-2-1-5-15(19)18-14-34-28-16(27(18)33)9-10-22-26(28)17(13-25(32)36-22)21-11-12-23(35-21)29-31-20-7-3-4-8-24(20)37-29/h1-12,14,17H,13H2. The van der Waals surface area contributed by atoms with Crippen molar-refractivity contribution >= 4 is 38.5 Å². The minimum Gasteiger partial charge on any atom is -0.463 e. The van der Waals surface area contributed by atoms with E-state index in [0.29, 0.717) is 22.8 Å². The van der Waals surface area contributed by atoms with E-state index in [4.69, 9.17) is 13.6 Å². The third-order valence-electron chi connectivity index (χ3n) is 6.52. The summed E-state index contributed by atoms with van der Waals surface area (Å²) >= 11 is 1.51. The van der Waals surface area contributed by atoms with Crippen molar-refractivity contribution in [2.24, 2.45) is 0 Å². The van der Waals surface area contributed by atoms with Crippen molar-refractivity contribution < 1.29 is 22.8 Å². The van der Waals surface area contributed by atoms with Gasteiger partial charge in [0.15, 0.2) is 10.8 Å². The van der Waals surface area contributed by atoms with Crippen LogP contribution in [0.5, 0.6) is 5.75 Å². The maximum atomic E-state index is 14.4. The first-order chi connectivity index (χ1) is 18.1. The Bertz CT molecular complexity index is 1880. The lowest BCUT2D eigenvalue weighted by Crippen LogP contribution is -2.21. The number of benzene rings is 3. The van der Waals surface area contributed by atoms with E-state index in [0.717, 1.165) is 15.2 Å². The fraction of sp³-hybridized carbons (Fsp3) is 0.0690. The molecule has 0 bridgehead atoms. The molecule has 8 heteroatoms. The molecule has 37 heavy (non-hydrogen) atoms. The topological polar surface area (TPSA) is 82.5 Å². The SMILES string of the molecule is O=C1CC(c2ccc(-c3nc4ccccc4s3)o2)c2c(ccc3c(=O)c(-c4ccccc4F)coc23)O1. The molecule has 1 unspecified atom stereocenters. The summed E-state index contributed by atoms with van der Waals surface area (Å²) < 4.78 is 33.1. The summed E-state index contributed by atoms with van der Waals surface area (Å²) in [5.74, 6) is -0.0586. The number of ether oxygens (including phenoxy) is 1. The van der Waals surface area contributed by atoms with E-state index in [1.165, 1.54) is 35.8 Å². The predicted octanol–water partition coefficient (Wildman–Crippen LogP) is 6.91. The molecule has 1 aliphatic rings. The minimum atomic E-state index is -0.537. The summed E-state index contributed by atoms with van der Waals surface area (Å²) in [5.41, 5.74) is 1.60. The van der Waals surface area contributed by atoms with Crippen LogP contribution in [0.4, 0.5) is 4.39 Å². The Morgan fingerprint density at radius 1 is 0.919 bits per heavy atom. The highest BCUT2D eigenvalue weighted by Crippen LogP contribution is 2.44. The van der Waals surface area contributed by atoms with Crippen LogP contribution < -0.4 is 10.2 Å². The van der Waals surface area contributed by atoms with E-state index in [9.17, 15) is 14.0 Å². The summed E-state index contributed by atoms with van der Waals surface area (Å²) in [7, 11) is 0. The lowest BCUT2D eigenvalue weighted by Gasteiger charge is -2.23. The molecule has 0 fully saturated rings. The number of nitrogens with zero attached hydrogens (tertiary/aromatic N) is 1. The lowest BCUT2D eigenvalue weighted by molar-refractivity contribution is -0.135. The second-order valence-electron chi connectivity index (χ2n) is 8.73. The first-order valence-electron chi connectivity index (χ1n) is 11.6. The molecule has 3 aromatic heterocycles. The number of rotatable bonds is 3. The normalized spacial score (nSPS) is 15.2. The fourth-order valence-electron chi connectivity index (χ4n) is 4.80. The quantitative estimate of drug-likeness (QED) is 0.190. The van der Waals surface area contributed by atoms with Gasteiger partial charge in [0.05, 0.1) is 33.5 Å². The molecule has 1 atom stereocenters. The summed E-state index contributed by atoms with van der Waals surface area (Å²) in [6, 6.07) is 20.6. The van der Waals surface area contributed by atoms with Crippen molar-refractivity contribution in [3.8, 4) is 27.6 Å². The molecule has 180 valence electrons. The molecule has 4 heterocycles. The molecule has 0 saturated heterocycles. The molecule has 6 nitrogen and oxygen atoms in total. The number of esters is 1. The average Bonchev–Trinajstić information content (AvgIpc) is 3.56. The smallest absolute Gasteiger partial charge is 0.312 e. The molecule has 3 aromatic carbocycles. The molecule has 0 N–H and O–H groups in total. The number of fused-ring (bicyclic) bond motifs is 4. The van der Waals surface area contributed by atoms with E-state index >= 15 is 0 Å². The highest BCUT2D eigenvalue weighted by atomic mass is 32.1. The Morgan fingerprint density at radius 3 is 2.62 bits per heavy atom. The first kappa shape index (κ1) is 21.7. The summed E-state index contributed by atoms with van der Waals surface area (Å²) in [6.45, 7) is 0. The van der Waals surface area contributed by atoms with Crippen molar-refractivity contribution in [1.82, 2.24) is 4.98 Å². The van der Waals surface area contributed by atoms with Gasteiger partial charge in [-0.15, -0.1) is 11.3 Å². The van der Waals surface area contributed by atoms with E-state index in [1.807, 2.05) is 30.3 Å². The van der Waals surface area contributed by atoms with Crippen molar-refractivity contribution in [2.75, 3.05) is 0 Å². The third kappa shape index (κ3) is 3.48. The van der Waals surface area contributed by atoms with Gasteiger partial charge in [-0.05, 0) is 42.5 Å². The Morgan fingerprint density at radius 2 is 1.76 bits per heavy atom. The second-order valence-corrected chi connectivity index (χ2v) is 9.76.